The summed E-state index contributed by atoms with van der Waals surface area (Å²) in [5.74, 6) is -0.918. The Bertz CT molecular complexity index is 106. The summed E-state index contributed by atoms with van der Waals surface area (Å²) < 4.78 is 0.528. The summed E-state index contributed by atoms with van der Waals surface area (Å²) >= 11 is 5.08. The highest BCUT2D eigenvalue weighted by Gasteiger charge is 2.02. The summed E-state index contributed by atoms with van der Waals surface area (Å²) in [5.41, 5.74) is 9.59. The Kier molecular flexibility index (Phi) is 2.08. The first-order valence-electron chi connectivity index (χ1n) is 1.69. The maximum Gasteiger partial charge on any atom is 0.210 e. The number of nitrogens with one attached hydrogen (secondary N) is 2. The molecule has 0 rings (SSSR count). The number of hydrogen-bond donors (Lipinski definition) is 4. The van der Waals surface area contributed by atoms with Crippen molar-refractivity contribution in [1.82, 2.24) is 4.42 Å². The van der Waals surface area contributed by atoms with Gasteiger partial charge in [-0.25, -0.2) is 0 Å². The van der Waals surface area contributed by atoms with E-state index in [4.69, 9.17) is 34.1 Å². The molecule has 0 aromatic rings. The zero-order chi connectivity index (χ0) is 6.73. The van der Waals surface area contributed by atoms with E-state index in [1.807, 2.05) is 0 Å². The first kappa shape index (κ1) is 7.03. The van der Waals surface area contributed by atoms with Crippen LogP contribution < -0.4 is 11.5 Å². The molecule has 0 aromatic carbocycles. The number of hydrogen-bond acceptors (Lipinski definition) is 2. The standard InChI is InChI=1S/C2H6ClN5/c3-8(1(4)5)2(6)7/h(H3,4,5)(H3,6,7). The number of rotatable bonds is 0. The average Bonchev–Trinajstić information content (AvgIpc) is 1.64. The van der Waals surface area contributed by atoms with E-state index < -0.39 is 11.9 Å². The molecule has 0 aliphatic rings. The van der Waals surface area contributed by atoms with Crippen molar-refractivity contribution in [3.63, 3.8) is 0 Å². The van der Waals surface area contributed by atoms with Gasteiger partial charge in [0.2, 0.25) is 11.9 Å². The van der Waals surface area contributed by atoms with E-state index in [0.717, 1.165) is 0 Å². The summed E-state index contributed by atoms with van der Waals surface area (Å²) in [6.45, 7) is 0. The van der Waals surface area contributed by atoms with E-state index in [2.05, 4.69) is 0 Å². The predicted molar refractivity (Wildman–Crippen MR) is 31.5 cm³/mol. The molecule has 0 aliphatic carbocycles. The first-order chi connectivity index (χ1) is 3.55. The van der Waals surface area contributed by atoms with Gasteiger partial charge in [0.05, 0.1) is 0 Å². The average molecular weight is 136 g/mol. The van der Waals surface area contributed by atoms with Gasteiger partial charge in [0.25, 0.3) is 0 Å². The van der Waals surface area contributed by atoms with E-state index >= 15 is 0 Å². The molecule has 0 spiro atoms. The van der Waals surface area contributed by atoms with Gasteiger partial charge in [-0.15, -0.1) is 0 Å². The van der Waals surface area contributed by atoms with E-state index in [1.165, 1.54) is 0 Å². The van der Waals surface area contributed by atoms with Crippen molar-refractivity contribution in [3.8, 4) is 0 Å². The monoisotopic (exact) mass is 135 g/mol. The minimum absolute atomic E-state index is 0.459. The first-order valence-corrected chi connectivity index (χ1v) is 2.03. The molecule has 0 fully saturated rings. The molecule has 0 amide bonds. The lowest BCUT2D eigenvalue weighted by Gasteiger charge is -2.07. The van der Waals surface area contributed by atoms with Crippen molar-refractivity contribution in [2.45, 2.75) is 0 Å². The summed E-state index contributed by atoms with van der Waals surface area (Å²) in [5, 5.41) is 13.2. The van der Waals surface area contributed by atoms with Crippen LogP contribution in [-0.2, 0) is 0 Å². The van der Waals surface area contributed by atoms with Crippen LogP contribution in [0.15, 0.2) is 0 Å². The van der Waals surface area contributed by atoms with E-state index in [1.54, 1.807) is 0 Å². The zero-order valence-corrected chi connectivity index (χ0v) is 4.74. The summed E-state index contributed by atoms with van der Waals surface area (Å²) in [7, 11) is 0. The predicted octanol–water partition coefficient (Wildman–Crippen LogP) is -0.771. The van der Waals surface area contributed by atoms with Crippen molar-refractivity contribution >= 4 is 23.7 Å². The minimum Gasteiger partial charge on any atom is -0.369 e. The highest BCUT2D eigenvalue weighted by Crippen LogP contribution is 1.86. The van der Waals surface area contributed by atoms with Gasteiger partial charge >= 0.3 is 0 Å². The van der Waals surface area contributed by atoms with Gasteiger partial charge in [0, 0.05) is 11.8 Å². The van der Waals surface area contributed by atoms with Crippen LogP contribution in [0.1, 0.15) is 0 Å². The Morgan fingerprint density at radius 1 is 1.25 bits per heavy atom. The smallest absolute Gasteiger partial charge is 0.210 e. The summed E-state index contributed by atoms with van der Waals surface area (Å²) in [4.78, 5) is 0. The Balaban J connectivity index is 3.83. The highest BCUT2D eigenvalue weighted by atomic mass is 35.5. The summed E-state index contributed by atoms with van der Waals surface area (Å²) in [6, 6.07) is 0. The Hall–Kier alpha value is -0.970. The van der Waals surface area contributed by atoms with Crippen LogP contribution in [0, 0.1) is 10.8 Å². The molecule has 0 heterocycles. The van der Waals surface area contributed by atoms with Crippen molar-refractivity contribution in [2.24, 2.45) is 11.5 Å². The quantitative estimate of drug-likeness (QED) is 0.199. The van der Waals surface area contributed by atoms with Gasteiger partial charge < -0.3 is 11.5 Å². The summed E-state index contributed by atoms with van der Waals surface area (Å²) in [6.07, 6.45) is 0. The molecule has 0 saturated carbocycles. The van der Waals surface area contributed by atoms with Crippen molar-refractivity contribution in [1.29, 1.82) is 10.8 Å². The SMILES string of the molecule is N=C(N)N(Cl)C(=N)N. The Morgan fingerprint density at radius 3 is 1.50 bits per heavy atom. The molecular weight excluding hydrogens is 130 g/mol. The molecule has 6 heteroatoms. The second kappa shape index (κ2) is 2.37. The Morgan fingerprint density at radius 2 is 1.50 bits per heavy atom. The Labute approximate surface area is 51.3 Å². The third-order valence-electron chi connectivity index (χ3n) is 0.423. The van der Waals surface area contributed by atoms with E-state index in [0.29, 0.717) is 4.42 Å². The van der Waals surface area contributed by atoms with Crippen LogP contribution in [-0.4, -0.2) is 16.3 Å². The van der Waals surface area contributed by atoms with Gasteiger partial charge in [0.15, 0.2) is 0 Å². The molecule has 6 N–H and O–H groups in total. The lowest BCUT2D eigenvalue weighted by molar-refractivity contribution is 0.914. The lowest BCUT2D eigenvalue weighted by Crippen LogP contribution is -2.37. The normalized spacial score (nSPS) is 8.12. The number of nitrogens with two attached hydrogens (primary N) is 2. The molecule has 8 heavy (non-hydrogen) atoms. The molecule has 0 radical (unpaired) electrons. The van der Waals surface area contributed by atoms with E-state index in [9.17, 15) is 0 Å². The van der Waals surface area contributed by atoms with Gasteiger partial charge in [-0.05, 0) is 0 Å². The van der Waals surface area contributed by atoms with Gasteiger partial charge in [-0.2, -0.15) is 4.42 Å². The molecule has 0 atom stereocenters. The number of guanidine groups is 2. The lowest BCUT2D eigenvalue weighted by atomic mass is 10.9. The highest BCUT2D eigenvalue weighted by molar-refractivity contribution is 6.29. The van der Waals surface area contributed by atoms with Crippen molar-refractivity contribution < 1.29 is 0 Å². The second-order valence-corrected chi connectivity index (χ2v) is 1.39. The maximum absolute atomic E-state index is 6.58. The van der Waals surface area contributed by atoms with Crippen LogP contribution in [0.5, 0.6) is 0 Å². The number of nitrogens with zero attached hydrogens (tertiary/aromatic N) is 1. The van der Waals surface area contributed by atoms with Crippen molar-refractivity contribution in [2.75, 3.05) is 0 Å². The largest absolute Gasteiger partial charge is 0.369 e. The number of halogens is 1. The molecule has 0 aromatic heterocycles. The minimum atomic E-state index is -0.459. The third-order valence-corrected chi connectivity index (χ3v) is 0.787. The fraction of sp³-hybridized carbons (Fsp3) is 0. The molecule has 0 saturated heterocycles. The van der Waals surface area contributed by atoms with Crippen LogP contribution in [0.2, 0.25) is 0 Å². The molecular formula is C2H6ClN5. The van der Waals surface area contributed by atoms with Gasteiger partial charge in [-0.1, -0.05) is 0 Å². The zero-order valence-electron chi connectivity index (χ0n) is 3.98. The molecule has 5 nitrogen and oxygen atoms in total. The maximum atomic E-state index is 6.58. The van der Waals surface area contributed by atoms with Crippen molar-refractivity contribution in [3.05, 3.63) is 0 Å². The van der Waals surface area contributed by atoms with E-state index in [-0.39, 0.29) is 0 Å². The third kappa shape index (κ3) is 1.65. The van der Waals surface area contributed by atoms with Crippen LogP contribution in [0.25, 0.3) is 0 Å². The fourth-order valence-corrected chi connectivity index (χ4v) is 0.130. The second-order valence-electron chi connectivity index (χ2n) is 1.05. The molecule has 0 unspecified atom stereocenters. The molecule has 0 bridgehead atoms. The molecule has 46 valence electrons. The topological polar surface area (TPSA) is 103 Å². The fourth-order valence-electron chi connectivity index (χ4n) is 0.130. The van der Waals surface area contributed by atoms with Crippen LogP contribution >= 0.6 is 11.8 Å². The van der Waals surface area contributed by atoms with Gasteiger partial charge in [-0.3, -0.25) is 10.8 Å². The van der Waals surface area contributed by atoms with Crippen LogP contribution in [0.4, 0.5) is 0 Å². The van der Waals surface area contributed by atoms with Crippen LogP contribution in [0.3, 0.4) is 0 Å². The van der Waals surface area contributed by atoms with Gasteiger partial charge in [0.1, 0.15) is 0 Å². The molecule has 0 aliphatic heterocycles.